The molecule has 40 nitrogen and oxygen atoms in total. The van der Waals surface area contributed by atoms with Gasteiger partial charge >= 0.3 is 0 Å². The summed E-state index contributed by atoms with van der Waals surface area (Å²) in [6.45, 7) is 16.6. The van der Waals surface area contributed by atoms with Gasteiger partial charge in [0.15, 0.2) is 27.5 Å². The van der Waals surface area contributed by atoms with Gasteiger partial charge in [-0.05, 0) is 118 Å². The molecule has 10 aliphatic rings. The zero-order valence-electron chi connectivity index (χ0n) is 70.9. The third-order valence-electron chi connectivity index (χ3n) is 23.8. The van der Waals surface area contributed by atoms with E-state index in [0.29, 0.717) is 76.7 Å². The highest BCUT2D eigenvalue weighted by Crippen LogP contribution is 2.38. The van der Waals surface area contributed by atoms with Crippen LogP contribution in [0.3, 0.4) is 0 Å². The van der Waals surface area contributed by atoms with E-state index in [1.54, 1.807) is 65.1 Å². The van der Waals surface area contributed by atoms with E-state index in [1.807, 2.05) is 53.7 Å². The van der Waals surface area contributed by atoms with Gasteiger partial charge in [-0.25, -0.2) is 28.1 Å². The third kappa shape index (κ3) is 20.1. The van der Waals surface area contributed by atoms with Gasteiger partial charge in [0.2, 0.25) is 57.3 Å². The summed E-state index contributed by atoms with van der Waals surface area (Å²) in [5, 5.41) is 25.1. The molecule has 4 aromatic rings. The van der Waals surface area contributed by atoms with Crippen molar-refractivity contribution in [3.63, 3.8) is 0 Å². The van der Waals surface area contributed by atoms with E-state index in [1.165, 1.54) is 83.6 Å². The summed E-state index contributed by atoms with van der Waals surface area (Å²) >= 11 is 3.95. The number of methoxy groups -OCH3 is 2. The number of benzene rings is 1. The van der Waals surface area contributed by atoms with Crippen molar-refractivity contribution < 1.29 is 80.5 Å². The van der Waals surface area contributed by atoms with Crippen molar-refractivity contribution in [2.75, 3.05) is 138 Å². The molecule has 1 aromatic carbocycles. The van der Waals surface area contributed by atoms with Crippen LogP contribution in [0.25, 0.3) is 0 Å². The van der Waals surface area contributed by atoms with Crippen LogP contribution in [0.1, 0.15) is 126 Å². The van der Waals surface area contributed by atoms with Crippen molar-refractivity contribution in [2.24, 2.45) is 11.7 Å². The Bertz CT molecular complexity index is 4590. The minimum Gasteiger partial charge on any atom is -0.493 e. The summed E-state index contributed by atoms with van der Waals surface area (Å²) in [6.07, 6.45) is 9.72. The number of anilines is 1. The summed E-state index contributed by atoms with van der Waals surface area (Å²) in [5.41, 5.74) is 12.5. The highest BCUT2D eigenvalue weighted by molar-refractivity contribution is 7.99. The Kier molecular flexibility index (Phi) is 30.7. The van der Waals surface area contributed by atoms with Crippen molar-refractivity contribution in [1.29, 1.82) is 0 Å². The number of rotatable bonds is 23. The van der Waals surface area contributed by atoms with Crippen molar-refractivity contribution in [1.82, 2.24) is 105 Å². The molecule has 10 fully saturated rings. The average molecular weight is 1780 g/mol. The number of likely N-dealkylation sites (N-methyl/N-ethyl adjacent to an activating group) is 2. The SMILES string of the molecule is C=C1NCC2N(C(=O)c3nccs3)C[C@H](N(C)C)C(=O)N2[C@H]1CN.CCC(C)N1CC2N(C(=O)C3CCN(C)CC3)C[C@H](NC(=O)c3ccc(OC)c(OC)c3)C(=O)N2[C@@H](C(C)O)C1=O.CCCC[C@H]1C(=O)NCC2N(C(=O)c3cnc(N)s3)C[C@H](NC)C(=O)N21.CCSC[C@H]1C(=O)N(C2CC2)CC2N(C(=O)c3ncc[nH]3)C[C@H](NS(C)(=O)=O)C(=O)N21. The number of nitrogens with zero attached hydrogens (tertiary/aromatic N) is 15. The first-order valence-electron chi connectivity index (χ1n) is 41.1. The lowest BCUT2D eigenvalue weighted by molar-refractivity contribution is -0.185. The summed E-state index contributed by atoms with van der Waals surface area (Å²) in [6, 6.07) is -1.39. The number of piperazine rings is 4. The van der Waals surface area contributed by atoms with E-state index in [-0.39, 0.29) is 135 Å². The number of hydrogen-bond donors (Lipinski definition) is 9. The Balaban J connectivity index is 0.000000162. The molecule has 9 aliphatic heterocycles. The van der Waals surface area contributed by atoms with E-state index in [2.05, 4.69) is 57.4 Å². The van der Waals surface area contributed by atoms with E-state index < -0.39 is 101 Å². The molecule has 11 N–H and O–H groups in total. The fourth-order valence-electron chi connectivity index (χ4n) is 17.0. The van der Waals surface area contributed by atoms with Gasteiger partial charge in [-0.15, -0.1) is 11.3 Å². The molecule has 44 heteroatoms. The maximum Gasteiger partial charge on any atom is 0.291 e. The molecule has 0 bridgehead atoms. The lowest BCUT2D eigenvalue weighted by Gasteiger charge is -2.56. The second kappa shape index (κ2) is 40.3. The summed E-state index contributed by atoms with van der Waals surface area (Å²) in [7, 11) is 6.61. The van der Waals surface area contributed by atoms with Gasteiger partial charge < -0.3 is 106 Å². The number of H-pyrrole nitrogens is 1. The smallest absolute Gasteiger partial charge is 0.291 e. The number of carbonyl (C=O) groups excluding carboxylic acids is 12. The van der Waals surface area contributed by atoms with Crippen LogP contribution in [0.15, 0.2) is 60.6 Å². The molecule has 14 atom stereocenters. The number of amides is 12. The minimum atomic E-state index is -3.72. The average Bonchev–Trinajstić information content (AvgIpc) is 1.28. The molecule has 9 saturated heterocycles. The van der Waals surface area contributed by atoms with Crippen molar-refractivity contribution in [2.45, 2.75) is 177 Å². The fraction of sp³-hybridized carbons (Fsp3) is 0.628. The predicted molar refractivity (Wildman–Crippen MR) is 452 cm³/mol. The second-order valence-electron chi connectivity index (χ2n) is 31.9. The first kappa shape index (κ1) is 93.0. The van der Waals surface area contributed by atoms with Crippen LogP contribution in [0.2, 0.25) is 0 Å². The van der Waals surface area contributed by atoms with Crippen molar-refractivity contribution >= 4 is 120 Å². The highest BCUT2D eigenvalue weighted by Gasteiger charge is 2.58. The van der Waals surface area contributed by atoms with Gasteiger partial charge in [0.25, 0.3) is 23.6 Å². The lowest BCUT2D eigenvalue weighted by atomic mass is 9.92. The maximum absolute atomic E-state index is 14.0. The number of aliphatic hydroxyl groups is 1. The number of imidazole rings is 1. The van der Waals surface area contributed by atoms with Crippen LogP contribution in [0.4, 0.5) is 5.13 Å². The fourth-order valence-corrected chi connectivity index (χ4v) is 19.7. The quantitative estimate of drug-likeness (QED) is 0.0401. The first-order chi connectivity index (χ1) is 58.1. The zero-order chi connectivity index (χ0) is 88.6. The van der Waals surface area contributed by atoms with Crippen LogP contribution in [0, 0.1) is 5.92 Å². The topological polar surface area (TPSA) is 483 Å². The van der Waals surface area contributed by atoms with Crippen molar-refractivity contribution in [3.8, 4) is 11.5 Å². The highest BCUT2D eigenvalue weighted by atomic mass is 32.2. The van der Waals surface area contributed by atoms with Gasteiger partial charge in [0.05, 0.1) is 71.5 Å². The summed E-state index contributed by atoms with van der Waals surface area (Å²) < 4.78 is 36.7. The molecule has 0 spiro atoms. The molecule has 0 radical (unpaired) electrons. The predicted octanol–water partition coefficient (Wildman–Crippen LogP) is -1.66. The number of nitrogens with one attached hydrogen (secondary N) is 6. The van der Waals surface area contributed by atoms with Crippen LogP contribution in [-0.2, 0) is 48.4 Å². The molecule has 1 aliphatic carbocycles. The molecule has 122 heavy (non-hydrogen) atoms. The summed E-state index contributed by atoms with van der Waals surface area (Å²) in [4.78, 5) is 194. The largest absolute Gasteiger partial charge is 0.493 e. The number of nitrogen functional groups attached to an aromatic ring is 1. The number of aromatic amines is 1. The molecule has 12 heterocycles. The number of carbonyl (C=O) groups is 12. The van der Waals surface area contributed by atoms with Crippen LogP contribution >= 0.6 is 34.4 Å². The number of nitrogens with two attached hydrogens (primary N) is 2. The Morgan fingerprint density at radius 2 is 1.37 bits per heavy atom. The number of thioether (sulfide) groups is 1. The minimum absolute atomic E-state index is 0.0220. The number of thiazole rings is 2. The van der Waals surface area contributed by atoms with E-state index in [4.69, 9.17) is 20.9 Å². The summed E-state index contributed by atoms with van der Waals surface area (Å²) in [5.74, 6) is -1.46. The molecule has 6 unspecified atom stereocenters. The van der Waals surface area contributed by atoms with Crippen LogP contribution in [0.5, 0.6) is 11.5 Å². The number of aliphatic hydroxyl groups excluding tert-OH is 1. The van der Waals surface area contributed by atoms with Crippen LogP contribution in [-0.4, -0.2) is 386 Å². The van der Waals surface area contributed by atoms with Crippen LogP contribution < -0.4 is 46.9 Å². The lowest BCUT2D eigenvalue weighted by Crippen LogP contribution is -2.78. The van der Waals surface area contributed by atoms with Crippen molar-refractivity contribution in [3.05, 3.63) is 81.9 Å². The number of hydrogen-bond acceptors (Lipinski definition) is 29. The third-order valence-corrected chi connectivity index (χ3v) is 27.0. The number of unbranched alkanes of at least 4 members (excludes halogenated alkanes) is 1. The van der Waals surface area contributed by atoms with E-state index >= 15 is 0 Å². The number of likely N-dealkylation sites (tertiary alicyclic amines) is 1. The Hall–Kier alpha value is -9.67. The van der Waals surface area contributed by atoms with Gasteiger partial charge in [0, 0.05) is 85.2 Å². The number of ether oxygens (including phenoxy) is 2. The molecule has 3 aromatic heterocycles. The maximum atomic E-state index is 14.0. The number of aromatic nitrogens is 4. The monoisotopic (exact) mass is 1770 g/mol. The molecular weight excluding hydrogens is 1660 g/mol. The Labute approximate surface area is 721 Å². The molecule has 14 rings (SSSR count). The number of sulfonamides is 1. The number of fused-ring (bicyclic) bond motifs is 4. The van der Waals surface area contributed by atoms with Gasteiger partial charge in [-0.1, -0.05) is 51.5 Å². The first-order valence-corrected chi connectivity index (χ1v) is 45.8. The molecule has 12 amide bonds. The Morgan fingerprint density at radius 3 is 1.95 bits per heavy atom. The van der Waals surface area contributed by atoms with E-state index in [9.17, 15) is 71.1 Å². The van der Waals surface area contributed by atoms with E-state index in [0.717, 1.165) is 62.1 Å². The molecule has 1 saturated carbocycles. The Morgan fingerprint density at radius 1 is 0.738 bits per heavy atom. The normalized spacial score (nSPS) is 26.3. The molecular formula is C78H115N23O17S4. The standard InChI is InChI=1S/C29H43N5O7.C18H26N6O5S2.C16H24N6O3S.C15H22N6O2S/c1-7-17(2)32-16-24-33(27(37)19-10-12-31(4)13-11-19)15-21(28(38)34(24)25(18(3)35)29(32)39)30-26(36)20-8-9-22(40-5)23(14-20)41-6;1-3-30-10-13-17(26)22(11-4-5-11)9-14-23(18(27)15-19-6-7-20-15)8-12(16(25)24(13)14)21-31(2,28)29;1-3-4-5-10-13(23)19-7-12-21(8-9(18-2)14(24)22(10)12)15(25)11-6-20-16(17)26-11;1-9-10(6-16)21-12(7-18-9)20(8-11(14(21)22)19(2)3)15(23)13-17-4-5-24-13/h8-9,14,17-19,21,24-25,35H,7,10-13,15-16H2,1-6H3,(H,30,36);6-7,11-14,21H,3-5,8-10H2,1-2H3,(H,19,20);6,9-10,12,18H,3-5,7-8H2,1-2H3,(H2,17,20)(H,19,23);4-5,10-12,18H,1,6-8,16H2,2-3H3/t17?,18?,21-,24?,25-;12-,13-,14?;9-,10-,12?;10-,11-,12?/m0000/s1. The zero-order valence-corrected chi connectivity index (χ0v) is 74.2. The van der Waals surface area contributed by atoms with Gasteiger partial charge in [-0.3, -0.25) is 62.4 Å². The van der Waals surface area contributed by atoms with Gasteiger partial charge in [0.1, 0.15) is 71.8 Å². The second-order valence-corrected chi connectivity index (χ2v) is 37.0. The number of piperidine rings is 1. The molecule has 668 valence electrons. The van der Waals surface area contributed by atoms with Gasteiger partial charge in [-0.2, -0.15) is 11.8 Å².